The van der Waals surface area contributed by atoms with E-state index in [9.17, 15) is 67.4 Å². The number of amides is 10. The maximum absolute atomic E-state index is 15.6. The van der Waals surface area contributed by atoms with Crippen molar-refractivity contribution in [2.45, 2.75) is 115 Å². The van der Waals surface area contributed by atoms with Gasteiger partial charge in [-0.05, 0) is 115 Å². The molecule has 6 heterocycles. The number of aryl methyl sites for hydroxylation is 1. The van der Waals surface area contributed by atoms with Gasteiger partial charge in [0.1, 0.15) is 31.7 Å². The van der Waals surface area contributed by atoms with E-state index in [4.69, 9.17) is 23.9 Å². The van der Waals surface area contributed by atoms with Crippen LogP contribution >= 0.6 is 0 Å². The summed E-state index contributed by atoms with van der Waals surface area (Å²) in [6, 6.07) is 28.0. The van der Waals surface area contributed by atoms with Crippen LogP contribution in [0, 0.1) is 12.7 Å². The molecule has 0 spiro atoms. The molecule has 1 fully saturated rings. The van der Waals surface area contributed by atoms with Crippen molar-refractivity contribution in [1.29, 1.82) is 0 Å². The fourth-order valence-corrected chi connectivity index (χ4v) is 13.9. The molecule has 0 unspecified atom stereocenters. The second-order valence-electron chi connectivity index (χ2n) is 26.4. The number of likely N-dealkylation sites (N-methyl/N-ethyl adjacent to an activating group) is 1. The maximum atomic E-state index is 15.6. The summed E-state index contributed by atoms with van der Waals surface area (Å²) in [6.45, 7) is 0.812. The molecular weight excluding hydrogens is 1390 g/mol. The van der Waals surface area contributed by atoms with Crippen LogP contribution in [0.25, 0.3) is 22.3 Å². The van der Waals surface area contributed by atoms with Crippen molar-refractivity contribution >= 4 is 93.7 Å². The summed E-state index contributed by atoms with van der Waals surface area (Å²) in [5.41, 5.74) is 2.68. The van der Waals surface area contributed by atoms with Crippen molar-refractivity contribution in [2.75, 3.05) is 56.6 Å². The van der Waals surface area contributed by atoms with Gasteiger partial charge in [-0.2, -0.15) is 0 Å². The van der Waals surface area contributed by atoms with Gasteiger partial charge in [-0.15, -0.1) is 0 Å². The fourth-order valence-electron chi connectivity index (χ4n) is 13.9. The second-order valence-corrected chi connectivity index (χ2v) is 26.4. The Kier molecular flexibility index (Phi) is 22.4. The molecule has 10 amide bonds. The first kappa shape index (κ1) is 74.3. The molecule has 7 N–H and O–H groups in total. The Morgan fingerprint density at radius 1 is 0.757 bits per heavy atom. The number of likely N-dealkylation sites (tertiary alicyclic amines) is 1. The second kappa shape index (κ2) is 32.3. The number of benzene rings is 5. The van der Waals surface area contributed by atoms with E-state index in [1.165, 1.54) is 39.6 Å². The van der Waals surface area contributed by atoms with Gasteiger partial charge >= 0.3 is 24.1 Å². The summed E-state index contributed by atoms with van der Waals surface area (Å²) < 4.78 is 40.0. The quantitative estimate of drug-likeness (QED) is 0.0203. The predicted octanol–water partition coefficient (Wildman–Crippen LogP) is 5.40. The fraction of sp³-hybridized carbons (Fsp3) is 0.325. The summed E-state index contributed by atoms with van der Waals surface area (Å²) in [5.74, 6) is -7.92. The van der Waals surface area contributed by atoms with Crippen LogP contribution in [0.15, 0.2) is 132 Å². The standard InChI is InChI=1S/C77H76FN11O18/c1-4-77(55-33-60-69-53(39-88(60)72(99)54(55)42-105-74(77)101)68-57(83-61(91)18-12-30-90)26-25-50-43(2)56(78)34-58(85-69)67(50)68)107-75(102)86(3)38-49-17-11-29-87(49)76(103)106-41-46-19-21-47(22-20-46)82-63(93)37-81-71(98)59(31-44-13-7-5-8-14-44)84-64(94)36-79-62(92)35-80-70(97)52-32-48(89-65(95)27-28-66(89)96)23-24-51(52)73(100)104-40-45-15-9-6-10-16-45/h5-10,13-16,19-24,27-28,32-34,49,57,59,90H,4,11-12,17-18,25-26,29-31,35-42H2,1-3H3,(H,79,92)(H,80,97)(H,81,98)(H,82,93)(H,83,91)(H,84,94)/t49-,57-,59-,77-/m0/s1. The third kappa shape index (κ3) is 16.1. The number of nitrogens with one attached hydrogen (secondary N) is 6. The number of aliphatic hydroxyl groups is 1. The smallest absolute Gasteiger partial charge is 0.411 e. The summed E-state index contributed by atoms with van der Waals surface area (Å²) in [7, 11) is 1.45. The number of fused-ring (bicyclic) bond motifs is 5. The number of anilines is 2. The molecule has 0 radical (unpaired) electrons. The lowest BCUT2D eigenvalue weighted by atomic mass is 9.81. The number of esters is 2. The number of imide groups is 1. The lowest BCUT2D eigenvalue weighted by Gasteiger charge is -2.37. The van der Waals surface area contributed by atoms with E-state index in [2.05, 4.69) is 31.9 Å². The third-order valence-corrected chi connectivity index (χ3v) is 19.5. The number of cyclic esters (lactones) is 1. The number of aromatic nitrogens is 2. The number of rotatable bonds is 26. The molecule has 7 aromatic rings. The molecule has 2 aromatic heterocycles. The zero-order chi connectivity index (χ0) is 75.8. The van der Waals surface area contributed by atoms with Gasteiger partial charge in [-0.1, -0.05) is 79.7 Å². The molecule has 4 aliphatic heterocycles. The van der Waals surface area contributed by atoms with E-state index >= 15 is 4.39 Å². The van der Waals surface area contributed by atoms with Gasteiger partial charge in [0.25, 0.3) is 23.3 Å². The van der Waals surface area contributed by atoms with Gasteiger partial charge in [0.2, 0.25) is 35.1 Å². The monoisotopic (exact) mass is 1460 g/mol. The van der Waals surface area contributed by atoms with Crippen molar-refractivity contribution in [2.24, 2.45) is 0 Å². The minimum Gasteiger partial charge on any atom is -0.457 e. The lowest BCUT2D eigenvalue weighted by Crippen LogP contribution is -2.52. The lowest BCUT2D eigenvalue weighted by molar-refractivity contribution is -0.173. The van der Waals surface area contributed by atoms with Gasteiger partial charge in [-0.3, -0.25) is 43.2 Å². The summed E-state index contributed by atoms with van der Waals surface area (Å²) in [4.78, 5) is 184. The van der Waals surface area contributed by atoms with Crippen LogP contribution in [0.5, 0.6) is 0 Å². The molecule has 30 heteroatoms. The van der Waals surface area contributed by atoms with Crippen molar-refractivity contribution in [3.8, 4) is 11.4 Å². The molecule has 1 saturated heterocycles. The average Bonchev–Trinajstić information content (AvgIpc) is 1.60. The number of hydrogen-bond donors (Lipinski definition) is 7. The zero-order valence-electron chi connectivity index (χ0n) is 58.6. The number of pyridine rings is 2. The zero-order valence-corrected chi connectivity index (χ0v) is 58.6. The first-order valence-corrected chi connectivity index (χ1v) is 34.9. The number of carbonyl (C=O) groups excluding carboxylic acids is 12. The van der Waals surface area contributed by atoms with E-state index in [1.54, 1.807) is 105 Å². The summed E-state index contributed by atoms with van der Waals surface area (Å²) in [5, 5.41) is 25.7. The third-order valence-electron chi connectivity index (χ3n) is 19.5. The van der Waals surface area contributed by atoms with Crippen molar-refractivity contribution in [3.63, 3.8) is 0 Å². The Balaban J connectivity index is 0.620. The molecule has 554 valence electrons. The molecule has 0 saturated carbocycles. The van der Waals surface area contributed by atoms with Crippen LogP contribution in [0.1, 0.15) is 122 Å². The van der Waals surface area contributed by atoms with Crippen LogP contribution in [0.4, 0.5) is 25.4 Å². The minimum absolute atomic E-state index is 0.0220. The van der Waals surface area contributed by atoms with Crippen molar-refractivity contribution in [3.05, 3.63) is 205 Å². The van der Waals surface area contributed by atoms with E-state index < -0.39 is 127 Å². The van der Waals surface area contributed by atoms with Gasteiger partial charge in [0, 0.05) is 80.0 Å². The van der Waals surface area contributed by atoms with E-state index in [0.29, 0.717) is 93.6 Å². The average molecular weight is 1460 g/mol. The number of halogens is 1. The Bertz CT molecular complexity index is 4840. The van der Waals surface area contributed by atoms with Gasteiger partial charge < -0.3 is 70.3 Å². The minimum atomic E-state index is -2.10. The molecule has 5 aromatic carbocycles. The van der Waals surface area contributed by atoms with E-state index in [1.807, 2.05) is 0 Å². The topological polar surface area (TPSA) is 379 Å². The highest BCUT2D eigenvalue weighted by molar-refractivity contribution is 6.28. The number of hydrogen-bond acceptors (Lipinski definition) is 19. The highest BCUT2D eigenvalue weighted by atomic mass is 19.1. The normalized spacial score (nSPS) is 16.9. The number of nitrogens with zero attached hydrogens (tertiary/aromatic N) is 5. The Morgan fingerprint density at radius 2 is 1.45 bits per heavy atom. The predicted molar refractivity (Wildman–Crippen MR) is 381 cm³/mol. The number of ether oxygens (including phenoxy) is 4. The molecular formula is C77H76FN11O18. The highest BCUT2D eigenvalue weighted by Crippen LogP contribution is 2.47. The van der Waals surface area contributed by atoms with Gasteiger partial charge in [0.15, 0.2) is 0 Å². The molecule has 5 aliphatic rings. The van der Waals surface area contributed by atoms with Crippen molar-refractivity contribution < 1.29 is 86.0 Å². The van der Waals surface area contributed by atoms with E-state index in [-0.39, 0.29) is 92.4 Å². The van der Waals surface area contributed by atoms with Crippen LogP contribution in [0.3, 0.4) is 0 Å². The van der Waals surface area contributed by atoms with Crippen molar-refractivity contribution in [1.82, 2.24) is 45.9 Å². The van der Waals surface area contributed by atoms with Crippen LogP contribution in [-0.4, -0.2) is 154 Å². The Labute approximate surface area is 611 Å². The van der Waals surface area contributed by atoms with E-state index in [0.717, 1.165) is 28.7 Å². The number of carbonyl (C=O) groups is 12. The van der Waals surface area contributed by atoms with Gasteiger partial charge in [0.05, 0.1) is 77.5 Å². The Morgan fingerprint density at radius 3 is 2.17 bits per heavy atom. The molecule has 107 heavy (non-hydrogen) atoms. The Hall–Kier alpha value is -12.5. The summed E-state index contributed by atoms with van der Waals surface area (Å²) >= 11 is 0. The van der Waals surface area contributed by atoms with Crippen LogP contribution < -0.4 is 42.4 Å². The molecule has 29 nitrogen and oxygen atoms in total. The summed E-state index contributed by atoms with van der Waals surface area (Å²) in [6.07, 6.45) is 2.60. The van der Waals surface area contributed by atoms with Crippen LogP contribution in [0.2, 0.25) is 0 Å². The molecule has 0 bridgehead atoms. The molecule has 1 aliphatic carbocycles. The maximum Gasteiger partial charge on any atom is 0.411 e. The molecule has 12 rings (SSSR count). The van der Waals surface area contributed by atoms with Crippen LogP contribution in [-0.2, 0) is 102 Å². The first-order chi connectivity index (χ1) is 51.5. The van der Waals surface area contributed by atoms with Gasteiger partial charge in [-0.25, -0.2) is 33.5 Å². The number of aliphatic hydroxyl groups excluding tert-OH is 1. The highest BCUT2D eigenvalue weighted by Gasteiger charge is 2.52. The molecule has 4 atom stereocenters. The SMILES string of the molecule is CC[C@@]1(OC(=O)N(C)C[C@@H]2CCCN2C(=O)OCc2ccc(NC(=O)CNC(=O)[C@H](Cc3ccccc3)NC(=O)CNC(=O)CNC(=O)c3cc(N4C(=O)C=CC4=O)ccc3C(=O)OCc3ccccc3)cc2)C(=O)OCc2c1cc1n(c2=O)Cc2c-1nc1cc(F)c(C)c3c1c2[C@@H](NC(=O)CCCO)CC3. The largest absolute Gasteiger partial charge is 0.457 e. The first-order valence-electron chi connectivity index (χ1n) is 34.9.